The minimum Gasteiger partial charge on any atom is -0.258 e. The highest BCUT2D eigenvalue weighted by atomic mass is 79.9. The Balaban J connectivity index is 3.37. The lowest BCUT2D eigenvalue weighted by Gasteiger charge is -1.99. The van der Waals surface area contributed by atoms with Crippen LogP contribution < -0.4 is 0 Å². The van der Waals surface area contributed by atoms with E-state index in [-0.39, 0.29) is 5.69 Å². The van der Waals surface area contributed by atoms with Gasteiger partial charge in [-0.1, -0.05) is 0 Å². The standard InChI is InChI=1S/C7H7BrN2O2/c1-4-3-6(10(11)12)7(8)5(2)9-4/h3H,1-2H3. The number of aromatic nitrogens is 1. The minimum absolute atomic E-state index is 0.0694. The van der Waals surface area contributed by atoms with Crippen LogP contribution in [-0.2, 0) is 0 Å². The van der Waals surface area contributed by atoms with Gasteiger partial charge in [-0.15, -0.1) is 0 Å². The summed E-state index contributed by atoms with van der Waals surface area (Å²) >= 11 is 3.11. The summed E-state index contributed by atoms with van der Waals surface area (Å²) in [5.74, 6) is 0. The molecule has 0 fully saturated rings. The van der Waals surface area contributed by atoms with E-state index in [1.54, 1.807) is 13.8 Å². The number of nitro groups is 1. The van der Waals surface area contributed by atoms with Gasteiger partial charge in [0.25, 0.3) is 5.69 Å². The zero-order chi connectivity index (χ0) is 9.30. The summed E-state index contributed by atoms with van der Waals surface area (Å²) in [5, 5.41) is 10.5. The molecule has 0 N–H and O–H groups in total. The van der Waals surface area contributed by atoms with E-state index in [1.807, 2.05) is 0 Å². The second kappa shape index (κ2) is 3.18. The second-order valence-electron chi connectivity index (χ2n) is 2.44. The molecule has 5 heteroatoms. The molecule has 0 unspecified atom stereocenters. The number of halogens is 1. The van der Waals surface area contributed by atoms with Crippen molar-refractivity contribution in [2.24, 2.45) is 0 Å². The summed E-state index contributed by atoms with van der Waals surface area (Å²) in [7, 11) is 0. The molecule has 0 aliphatic carbocycles. The van der Waals surface area contributed by atoms with Gasteiger partial charge < -0.3 is 0 Å². The Bertz CT molecular complexity index is 338. The Kier molecular flexibility index (Phi) is 2.42. The van der Waals surface area contributed by atoms with Crippen LogP contribution in [0.2, 0.25) is 0 Å². The average molecular weight is 231 g/mol. The minimum atomic E-state index is -0.425. The van der Waals surface area contributed by atoms with Gasteiger partial charge in [0, 0.05) is 11.8 Å². The molecule has 0 spiro atoms. The lowest BCUT2D eigenvalue weighted by Crippen LogP contribution is -1.95. The fourth-order valence-corrected chi connectivity index (χ4v) is 1.27. The molecule has 1 rings (SSSR count). The first kappa shape index (κ1) is 9.12. The summed E-state index contributed by atoms with van der Waals surface area (Å²) in [5.41, 5.74) is 1.36. The molecule has 1 aromatic rings. The predicted molar refractivity (Wildman–Crippen MR) is 48.1 cm³/mol. The average Bonchev–Trinajstić information content (AvgIpc) is 1.96. The highest BCUT2D eigenvalue weighted by molar-refractivity contribution is 9.10. The van der Waals surface area contributed by atoms with Crippen LogP contribution in [0.1, 0.15) is 11.4 Å². The van der Waals surface area contributed by atoms with Crippen LogP contribution in [0.15, 0.2) is 10.5 Å². The van der Waals surface area contributed by atoms with Crippen LogP contribution in [0.4, 0.5) is 5.69 Å². The first-order valence-corrected chi connectivity index (χ1v) is 4.10. The Hall–Kier alpha value is -0.970. The molecule has 0 aromatic carbocycles. The van der Waals surface area contributed by atoms with Crippen LogP contribution in [0.3, 0.4) is 0 Å². The van der Waals surface area contributed by atoms with Crippen molar-refractivity contribution in [3.8, 4) is 0 Å². The van der Waals surface area contributed by atoms with Crippen molar-refractivity contribution in [2.45, 2.75) is 13.8 Å². The Labute approximate surface area is 77.9 Å². The SMILES string of the molecule is Cc1cc([N+](=O)[O-])c(Br)c(C)n1. The molecule has 1 heterocycles. The molecule has 0 amide bonds. The van der Waals surface area contributed by atoms with Gasteiger partial charge in [0.1, 0.15) is 4.47 Å². The molecular formula is C7H7BrN2O2. The number of aryl methyl sites for hydroxylation is 2. The Morgan fingerprint density at radius 1 is 1.58 bits per heavy atom. The maximum Gasteiger partial charge on any atom is 0.287 e. The maximum atomic E-state index is 10.5. The fourth-order valence-electron chi connectivity index (χ4n) is 0.925. The van der Waals surface area contributed by atoms with Crippen LogP contribution in [-0.4, -0.2) is 9.91 Å². The van der Waals surface area contributed by atoms with Gasteiger partial charge >= 0.3 is 0 Å². The summed E-state index contributed by atoms with van der Waals surface area (Å²) in [4.78, 5) is 14.1. The van der Waals surface area contributed by atoms with Gasteiger partial charge in [0.15, 0.2) is 0 Å². The number of pyridine rings is 1. The first-order valence-electron chi connectivity index (χ1n) is 3.30. The van der Waals surface area contributed by atoms with E-state index in [2.05, 4.69) is 20.9 Å². The molecule has 0 aliphatic rings. The monoisotopic (exact) mass is 230 g/mol. The number of hydrogen-bond acceptors (Lipinski definition) is 3. The summed E-state index contributed by atoms with van der Waals surface area (Å²) in [6.07, 6.45) is 0. The topological polar surface area (TPSA) is 56.0 Å². The van der Waals surface area contributed by atoms with Crippen LogP contribution in [0, 0.1) is 24.0 Å². The van der Waals surface area contributed by atoms with Crippen LogP contribution in [0.25, 0.3) is 0 Å². The second-order valence-corrected chi connectivity index (χ2v) is 3.23. The molecule has 0 saturated carbocycles. The molecule has 64 valence electrons. The van der Waals surface area contributed by atoms with E-state index in [4.69, 9.17) is 0 Å². The van der Waals surface area contributed by atoms with E-state index in [0.29, 0.717) is 15.9 Å². The van der Waals surface area contributed by atoms with Crippen molar-refractivity contribution in [1.29, 1.82) is 0 Å². The van der Waals surface area contributed by atoms with Gasteiger partial charge in [-0.2, -0.15) is 0 Å². The Morgan fingerprint density at radius 2 is 2.17 bits per heavy atom. The maximum absolute atomic E-state index is 10.5. The van der Waals surface area contributed by atoms with Crippen molar-refractivity contribution in [1.82, 2.24) is 4.98 Å². The smallest absolute Gasteiger partial charge is 0.258 e. The van der Waals surface area contributed by atoms with E-state index in [0.717, 1.165) is 0 Å². The lowest BCUT2D eigenvalue weighted by atomic mass is 10.3. The van der Waals surface area contributed by atoms with Crippen molar-refractivity contribution >= 4 is 21.6 Å². The lowest BCUT2D eigenvalue weighted by molar-refractivity contribution is -0.385. The summed E-state index contributed by atoms with van der Waals surface area (Å²) in [6, 6.07) is 1.44. The number of rotatable bonds is 1. The van der Waals surface area contributed by atoms with Gasteiger partial charge in [-0.3, -0.25) is 15.1 Å². The van der Waals surface area contributed by atoms with Crippen LogP contribution in [0.5, 0.6) is 0 Å². The van der Waals surface area contributed by atoms with E-state index < -0.39 is 4.92 Å². The third-order valence-electron chi connectivity index (χ3n) is 1.43. The summed E-state index contributed by atoms with van der Waals surface area (Å²) in [6.45, 7) is 3.45. The van der Waals surface area contributed by atoms with E-state index in [1.165, 1.54) is 6.07 Å². The third kappa shape index (κ3) is 1.61. The van der Waals surface area contributed by atoms with Crippen molar-refractivity contribution in [2.75, 3.05) is 0 Å². The van der Waals surface area contributed by atoms with Crippen LogP contribution >= 0.6 is 15.9 Å². The van der Waals surface area contributed by atoms with E-state index >= 15 is 0 Å². The van der Waals surface area contributed by atoms with E-state index in [9.17, 15) is 10.1 Å². The number of hydrogen-bond donors (Lipinski definition) is 0. The number of nitrogens with zero attached hydrogens (tertiary/aromatic N) is 2. The fraction of sp³-hybridized carbons (Fsp3) is 0.286. The largest absolute Gasteiger partial charge is 0.287 e. The predicted octanol–water partition coefficient (Wildman–Crippen LogP) is 2.37. The third-order valence-corrected chi connectivity index (χ3v) is 2.41. The zero-order valence-electron chi connectivity index (χ0n) is 6.67. The van der Waals surface area contributed by atoms with Gasteiger partial charge in [-0.05, 0) is 29.8 Å². The molecule has 0 bridgehead atoms. The highest BCUT2D eigenvalue weighted by Gasteiger charge is 2.14. The Morgan fingerprint density at radius 3 is 2.67 bits per heavy atom. The zero-order valence-corrected chi connectivity index (χ0v) is 8.25. The van der Waals surface area contributed by atoms with Gasteiger partial charge in [0.2, 0.25) is 0 Å². The van der Waals surface area contributed by atoms with Crippen molar-refractivity contribution in [3.63, 3.8) is 0 Å². The van der Waals surface area contributed by atoms with Crippen molar-refractivity contribution in [3.05, 3.63) is 32.0 Å². The molecular weight excluding hydrogens is 224 g/mol. The molecule has 0 radical (unpaired) electrons. The quantitative estimate of drug-likeness (QED) is 0.550. The van der Waals surface area contributed by atoms with Gasteiger partial charge in [0.05, 0.1) is 10.6 Å². The molecule has 4 nitrogen and oxygen atoms in total. The highest BCUT2D eigenvalue weighted by Crippen LogP contribution is 2.27. The summed E-state index contributed by atoms with van der Waals surface area (Å²) < 4.78 is 0.457. The normalized spacial score (nSPS) is 9.92. The molecule has 0 saturated heterocycles. The van der Waals surface area contributed by atoms with Gasteiger partial charge in [-0.25, -0.2) is 0 Å². The molecule has 0 atom stereocenters. The molecule has 12 heavy (non-hydrogen) atoms. The van der Waals surface area contributed by atoms with Crippen molar-refractivity contribution < 1.29 is 4.92 Å². The first-order chi connectivity index (χ1) is 5.52. The molecule has 0 aliphatic heterocycles. The molecule has 1 aromatic heterocycles.